The van der Waals surface area contributed by atoms with Crippen LogP contribution in [0.2, 0.25) is 5.22 Å². The van der Waals surface area contributed by atoms with Crippen LogP contribution in [0.1, 0.15) is 11.7 Å². The number of aliphatic hydroxyl groups is 1. The van der Waals surface area contributed by atoms with Gasteiger partial charge in [0, 0.05) is 19.6 Å². The first-order chi connectivity index (χ1) is 7.79. The van der Waals surface area contributed by atoms with E-state index in [0.29, 0.717) is 5.22 Å². The molecular formula is C11H16ClNO3. The summed E-state index contributed by atoms with van der Waals surface area (Å²) in [5.41, 5.74) is 0. The minimum absolute atomic E-state index is 0.00870. The Bertz CT molecular complexity index is 323. The van der Waals surface area contributed by atoms with E-state index in [1.165, 1.54) is 0 Å². The van der Waals surface area contributed by atoms with Crippen molar-refractivity contribution in [2.45, 2.75) is 5.92 Å². The summed E-state index contributed by atoms with van der Waals surface area (Å²) >= 11 is 5.72. The van der Waals surface area contributed by atoms with E-state index in [0.717, 1.165) is 38.6 Å². The lowest BCUT2D eigenvalue weighted by atomic mass is 10.1. The minimum Gasteiger partial charge on any atom is -0.449 e. The highest BCUT2D eigenvalue weighted by Gasteiger charge is 2.20. The molecule has 2 rings (SSSR count). The van der Waals surface area contributed by atoms with E-state index < -0.39 is 0 Å². The highest BCUT2D eigenvalue weighted by atomic mass is 35.5. The van der Waals surface area contributed by atoms with Crippen LogP contribution in [-0.2, 0) is 4.74 Å². The molecule has 1 unspecified atom stereocenters. The van der Waals surface area contributed by atoms with E-state index in [4.69, 9.17) is 20.8 Å². The number of halogens is 1. The molecule has 0 aromatic carbocycles. The monoisotopic (exact) mass is 245 g/mol. The summed E-state index contributed by atoms with van der Waals surface area (Å²) in [6.45, 7) is 4.19. The Morgan fingerprint density at radius 3 is 2.69 bits per heavy atom. The number of ether oxygens (including phenoxy) is 1. The van der Waals surface area contributed by atoms with Gasteiger partial charge in [0.1, 0.15) is 5.76 Å². The zero-order valence-corrected chi connectivity index (χ0v) is 9.82. The fourth-order valence-corrected chi connectivity index (χ4v) is 2.03. The first kappa shape index (κ1) is 11.9. The quantitative estimate of drug-likeness (QED) is 0.870. The average molecular weight is 246 g/mol. The van der Waals surface area contributed by atoms with E-state index in [1.54, 1.807) is 6.07 Å². The molecule has 1 fully saturated rings. The molecule has 1 aromatic rings. The maximum atomic E-state index is 9.36. The van der Waals surface area contributed by atoms with Crippen LogP contribution in [0, 0.1) is 0 Å². The van der Waals surface area contributed by atoms with Crippen molar-refractivity contribution in [2.24, 2.45) is 0 Å². The molecule has 1 atom stereocenters. The van der Waals surface area contributed by atoms with E-state index in [-0.39, 0.29) is 12.5 Å². The summed E-state index contributed by atoms with van der Waals surface area (Å²) in [6, 6.07) is 3.53. The third-order valence-corrected chi connectivity index (χ3v) is 3.00. The summed E-state index contributed by atoms with van der Waals surface area (Å²) in [7, 11) is 0. The lowest BCUT2D eigenvalue weighted by Gasteiger charge is -2.29. The van der Waals surface area contributed by atoms with E-state index in [2.05, 4.69) is 4.90 Å². The van der Waals surface area contributed by atoms with Crippen molar-refractivity contribution in [1.82, 2.24) is 4.90 Å². The van der Waals surface area contributed by atoms with Gasteiger partial charge in [0.15, 0.2) is 5.22 Å². The second-order valence-electron chi connectivity index (χ2n) is 3.93. The predicted octanol–water partition coefficient (Wildman–Crippen LogP) is 1.34. The summed E-state index contributed by atoms with van der Waals surface area (Å²) in [5.74, 6) is 0.740. The van der Waals surface area contributed by atoms with Gasteiger partial charge in [0.2, 0.25) is 0 Å². The lowest BCUT2D eigenvalue weighted by Crippen LogP contribution is -2.39. The molecule has 0 bridgehead atoms. The van der Waals surface area contributed by atoms with Crippen LogP contribution in [0.25, 0.3) is 0 Å². The zero-order chi connectivity index (χ0) is 11.4. The molecular weight excluding hydrogens is 230 g/mol. The molecule has 4 nitrogen and oxygen atoms in total. The Kier molecular flexibility index (Phi) is 4.23. The van der Waals surface area contributed by atoms with Crippen LogP contribution >= 0.6 is 11.6 Å². The van der Waals surface area contributed by atoms with Crippen LogP contribution in [0.3, 0.4) is 0 Å². The Labute approximate surface area is 99.7 Å². The second-order valence-corrected chi connectivity index (χ2v) is 4.31. The molecule has 1 aliphatic heterocycles. The van der Waals surface area contributed by atoms with Gasteiger partial charge in [0.25, 0.3) is 0 Å². The Balaban J connectivity index is 1.94. The fourth-order valence-electron chi connectivity index (χ4n) is 1.88. The van der Waals surface area contributed by atoms with Gasteiger partial charge < -0.3 is 14.3 Å². The lowest BCUT2D eigenvalue weighted by molar-refractivity contribution is 0.0306. The number of rotatable bonds is 4. The van der Waals surface area contributed by atoms with Crippen molar-refractivity contribution in [3.05, 3.63) is 23.1 Å². The molecule has 0 radical (unpaired) electrons. The number of morpholine rings is 1. The van der Waals surface area contributed by atoms with E-state index in [9.17, 15) is 5.11 Å². The van der Waals surface area contributed by atoms with Crippen LogP contribution in [0.4, 0.5) is 0 Å². The number of nitrogens with zero attached hydrogens (tertiary/aromatic N) is 1. The van der Waals surface area contributed by atoms with Crippen LogP contribution in [0.15, 0.2) is 16.5 Å². The summed E-state index contributed by atoms with van der Waals surface area (Å²) in [4.78, 5) is 2.26. The van der Waals surface area contributed by atoms with Gasteiger partial charge in [-0.15, -0.1) is 0 Å². The van der Waals surface area contributed by atoms with Gasteiger partial charge in [0.05, 0.1) is 25.7 Å². The Morgan fingerprint density at radius 2 is 2.12 bits per heavy atom. The van der Waals surface area contributed by atoms with Crippen molar-refractivity contribution >= 4 is 11.6 Å². The van der Waals surface area contributed by atoms with Crippen molar-refractivity contribution in [3.8, 4) is 0 Å². The van der Waals surface area contributed by atoms with Gasteiger partial charge in [-0.3, -0.25) is 4.90 Å². The highest BCUT2D eigenvalue weighted by molar-refractivity contribution is 6.28. The molecule has 5 heteroatoms. The largest absolute Gasteiger partial charge is 0.449 e. The highest BCUT2D eigenvalue weighted by Crippen LogP contribution is 2.22. The van der Waals surface area contributed by atoms with Crippen molar-refractivity contribution in [2.75, 3.05) is 39.5 Å². The van der Waals surface area contributed by atoms with Gasteiger partial charge in [-0.2, -0.15) is 0 Å². The number of hydrogen-bond donors (Lipinski definition) is 1. The summed E-state index contributed by atoms with van der Waals surface area (Å²) in [6.07, 6.45) is 0. The molecule has 1 aliphatic rings. The number of furan rings is 1. The average Bonchev–Trinajstić information content (AvgIpc) is 2.74. The van der Waals surface area contributed by atoms with Crippen LogP contribution in [-0.4, -0.2) is 49.5 Å². The SMILES string of the molecule is OCC(CN1CCOCC1)c1ccc(Cl)o1. The van der Waals surface area contributed by atoms with E-state index in [1.807, 2.05) is 6.07 Å². The third kappa shape index (κ3) is 2.98. The molecule has 2 heterocycles. The standard InChI is InChI=1S/C11H16ClNO3/c12-11-2-1-10(16-11)9(8-14)7-13-3-5-15-6-4-13/h1-2,9,14H,3-8H2. The van der Waals surface area contributed by atoms with Gasteiger partial charge in [-0.1, -0.05) is 0 Å². The Hall–Kier alpha value is -0.550. The molecule has 1 aromatic heterocycles. The van der Waals surface area contributed by atoms with Crippen LogP contribution < -0.4 is 0 Å². The first-order valence-electron chi connectivity index (χ1n) is 5.46. The number of aliphatic hydroxyl groups excluding tert-OH is 1. The molecule has 0 saturated carbocycles. The third-order valence-electron chi connectivity index (χ3n) is 2.80. The Morgan fingerprint density at radius 1 is 1.38 bits per heavy atom. The first-order valence-corrected chi connectivity index (χ1v) is 5.83. The fraction of sp³-hybridized carbons (Fsp3) is 0.636. The second kappa shape index (κ2) is 5.68. The van der Waals surface area contributed by atoms with Crippen LogP contribution in [0.5, 0.6) is 0 Å². The van der Waals surface area contributed by atoms with Gasteiger partial charge in [-0.05, 0) is 23.7 Å². The molecule has 90 valence electrons. The minimum atomic E-state index is -0.00870. The normalized spacial score (nSPS) is 19.9. The molecule has 0 spiro atoms. The number of hydrogen-bond acceptors (Lipinski definition) is 4. The molecule has 1 N–H and O–H groups in total. The maximum absolute atomic E-state index is 9.36. The molecule has 16 heavy (non-hydrogen) atoms. The molecule has 0 amide bonds. The predicted molar refractivity (Wildman–Crippen MR) is 60.8 cm³/mol. The zero-order valence-electron chi connectivity index (χ0n) is 9.06. The van der Waals surface area contributed by atoms with E-state index >= 15 is 0 Å². The molecule has 1 saturated heterocycles. The maximum Gasteiger partial charge on any atom is 0.193 e. The van der Waals surface area contributed by atoms with Crippen molar-refractivity contribution < 1.29 is 14.3 Å². The summed E-state index contributed by atoms with van der Waals surface area (Å²) < 4.78 is 10.6. The van der Waals surface area contributed by atoms with Gasteiger partial charge >= 0.3 is 0 Å². The molecule has 0 aliphatic carbocycles. The van der Waals surface area contributed by atoms with Crippen molar-refractivity contribution in [1.29, 1.82) is 0 Å². The van der Waals surface area contributed by atoms with Crippen molar-refractivity contribution in [3.63, 3.8) is 0 Å². The summed E-state index contributed by atoms with van der Waals surface area (Å²) in [5, 5.41) is 9.73. The smallest absolute Gasteiger partial charge is 0.193 e. The topological polar surface area (TPSA) is 45.8 Å². The van der Waals surface area contributed by atoms with Gasteiger partial charge in [-0.25, -0.2) is 0 Å².